The number of aryl methyl sites for hydroxylation is 2. The fourth-order valence-corrected chi connectivity index (χ4v) is 1.60. The predicted octanol–water partition coefficient (Wildman–Crippen LogP) is 2.95. The van der Waals surface area contributed by atoms with Crippen LogP contribution in [0, 0.1) is 13.8 Å². The normalized spacial score (nSPS) is 10.3. The number of nitrogens with zero attached hydrogens (tertiary/aromatic N) is 1. The molecule has 0 aliphatic carbocycles. The van der Waals surface area contributed by atoms with Gasteiger partial charge in [0.15, 0.2) is 0 Å². The topological polar surface area (TPSA) is 48.1 Å². The van der Waals surface area contributed by atoms with E-state index in [2.05, 4.69) is 4.98 Å². The third-order valence-corrected chi connectivity index (χ3v) is 2.47. The van der Waals surface area contributed by atoms with Crippen LogP contribution in [-0.2, 0) is 6.54 Å². The van der Waals surface area contributed by atoms with Crippen molar-refractivity contribution in [3.63, 3.8) is 0 Å². The minimum Gasteiger partial charge on any atom is -0.439 e. The molecular weight excluding hydrogens is 212 g/mol. The quantitative estimate of drug-likeness (QED) is 0.878. The highest BCUT2D eigenvalue weighted by Gasteiger charge is 2.01. The van der Waals surface area contributed by atoms with E-state index >= 15 is 0 Å². The maximum absolute atomic E-state index is 5.69. The van der Waals surface area contributed by atoms with Crippen molar-refractivity contribution in [3.8, 4) is 11.6 Å². The number of aromatic nitrogens is 1. The van der Waals surface area contributed by atoms with Crippen molar-refractivity contribution in [2.45, 2.75) is 20.4 Å². The Bertz CT molecular complexity index is 506. The molecule has 1 heterocycles. The molecule has 0 radical (unpaired) electrons. The van der Waals surface area contributed by atoms with Crippen LogP contribution in [-0.4, -0.2) is 4.98 Å². The van der Waals surface area contributed by atoms with Crippen molar-refractivity contribution >= 4 is 0 Å². The number of benzene rings is 1. The molecule has 0 unspecified atom stereocenters. The van der Waals surface area contributed by atoms with Gasteiger partial charge in [0.05, 0.1) is 0 Å². The van der Waals surface area contributed by atoms with Crippen molar-refractivity contribution in [2.24, 2.45) is 5.73 Å². The van der Waals surface area contributed by atoms with Crippen LogP contribution in [0.5, 0.6) is 11.6 Å². The van der Waals surface area contributed by atoms with Gasteiger partial charge in [0.1, 0.15) is 5.75 Å². The Morgan fingerprint density at radius 2 is 1.82 bits per heavy atom. The van der Waals surface area contributed by atoms with Crippen LogP contribution in [0.15, 0.2) is 36.4 Å². The van der Waals surface area contributed by atoms with Crippen LogP contribution in [0.25, 0.3) is 0 Å². The van der Waals surface area contributed by atoms with Gasteiger partial charge in [-0.15, -0.1) is 0 Å². The van der Waals surface area contributed by atoms with E-state index in [9.17, 15) is 0 Å². The van der Waals surface area contributed by atoms with E-state index < -0.39 is 0 Å². The highest BCUT2D eigenvalue weighted by atomic mass is 16.5. The summed E-state index contributed by atoms with van der Waals surface area (Å²) in [4.78, 5) is 4.32. The van der Waals surface area contributed by atoms with Crippen molar-refractivity contribution in [3.05, 3.63) is 53.2 Å². The number of rotatable bonds is 3. The van der Waals surface area contributed by atoms with Crippen molar-refractivity contribution in [1.29, 1.82) is 0 Å². The summed E-state index contributed by atoms with van der Waals surface area (Å²) in [5.41, 5.74) is 8.76. The number of nitrogens with two attached hydrogens (primary N) is 1. The Kier molecular flexibility index (Phi) is 3.40. The molecule has 0 saturated carbocycles. The van der Waals surface area contributed by atoms with Gasteiger partial charge < -0.3 is 10.5 Å². The lowest BCUT2D eigenvalue weighted by Gasteiger charge is -2.07. The number of hydrogen-bond acceptors (Lipinski definition) is 3. The summed E-state index contributed by atoms with van der Waals surface area (Å²) in [7, 11) is 0. The van der Waals surface area contributed by atoms with E-state index in [1.165, 1.54) is 5.56 Å². The van der Waals surface area contributed by atoms with Crippen molar-refractivity contribution in [2.75, 3.05) is 0 Å². The fourth-order valence-electron chi connectivity index (χ4n) is 1.60. The summed E-state index contributed by atoms with van der Waals surface area (Å²) in [6, 6.07) is 11.7. The summed E-state index contributed by atoms with van der Waals surface area (Å²) >= 11 is 0. The van der Waals surface area contributed by atoms with E-state index in [-0.39, 0.29) is 0 Å². The average molecular weight is 228 g/mol. The van der Waals surface area contributed by atoms with Crippen LogP contribution < -0.4 is 10.5 Å². The van der Waals surface area contributed by atoms with Gasteiger partial charge in [-0.05, 0) is 37.6 Å². The first-order valence-corrected chi connectivity index (χ1v) is 5.59. The molecule has 0 spiro atoms. The zero-order valence-corrected chi connectivity index (χ0v) is 10.1. The Hall–Kier alpha value is -1.87. The van der Waals surface area contributed by atoms with Crippen LogP contribution in [0.4, 0.5) is 0 Å². The smallest absolute Gasteiger partial charge is 0.219 e. The van der Waals surface area contributed by atoms with Crippen LogP contribution in [0.3, 0.4) is 0 Å². The lowest BCUT2D eigenvalue weighted by atomic mass is 10.2. The van der Waals surface area contributed by atoms with Gasteiger partial charge in [-0.1, -0.05) is 17.7 Å². The summed E-state index contributed by atoms with van der Waals surface area (Å²) < 4.78 is 5.69. The number of pyridine rings is 1. The van der Waals surface area contributed by atoms with E-state index in [1.807, 2.05) is 50.2 Å². The third-order valence-electron chi connectivity index (χ3n) is 2.47. The Morgan fingerprint density at radius 1 is 1.12 bits per heavy atom. The van der Waals surface area contributed by atoms with Crippen molar-refractivity contribution in [1.82, 2.24) is 4.98 Å². The van der Waals surface area contributed by atoms with E-state index in [0.29, 0.717) is 12.4 Å². The minimum absolute atomic E-state index is 0.494. The highest BCUT2D eigenvalue weighted by molar-refractivity contribution is 5.32. The summed E-state index contributed by atoms with van der Waals surface area (Å²) in [6.07, 6.45) is 0. The molecule has 17 heavy (non-hydrogen) atoms. The van der Waals surface area contributed by atoms with Gasteiger partial charge in [0.2, 0.25) is 5.88 Å². The molecule has 0 saturated heterocycles. The first-order valence-electron chi connectivity index (χ1n) is 5.59. The van der Waals surface area contributed by atoms with E-state index in [4.69, 9.17) is 10.5 Å². The second kappa shape index (κ2) is 4.97. The number of hydrogen-bond donors (Lipinski definition) is 1. The second-order valence-corrected chi connectivity index (χ2v) is 4.07. The van der Waals surface area contributed by atoms with E-state index in [1.54, 1.807) is 0 Å². The molecule has 0 aliphatic rings. The van der Waals surface area contributed by atoms with Gasteiger partial charge >= 0.3 is 0 Å². The van der Waals surface area contributed by atoms with Crippen LogP contribution in [0.1, 0.15) is 16.8 Å². The average Bonchev–Trinajstić information content (AvgIpc) is 2.31. The zero-order chi connectivity index (χ0) is 12.3. The molecule has 1 aromatic carbocycles. The van der Waals surface area contributed by atoms with Gasteiger partial charge in [0, 0.05) is 18.3 Å². The molecule has 2 aromatic rings. The standard InChI is InChI=1S/C14H16N2O/c1-10-3-5-13(6-4-10)17-14-8-12(9-15)7-11(2)16-14/h3-8H,9,15H2,1-2H3. The molecule has 88 valence electrons. The predicted molar refractivity (Wildman–Crippen MR) is 68.1 cm³/mol. The molecule has 0 aliphatic heterocycles. The monoisotopic (exact) mass is 228 g/mol. The summed E-state index contributed by atoms with van der Waals surface area (Å²) in [5, 5.41) is 0. The highest BCUT2D eigenvalue weighted by Crippen LogP contribution is 2.21. The minimum atomic E-state index is 0.494. The summed E-state index contributed by atoms with van der Waals surface area (Å²) in [6.45, 7) is 4.47. The molecule has 3 heteroatoms. The first-order chi connectivity index (χ1) is 8.17. The maximum atomic E-state index is 5.69. The lowest BCUT2D eigenvalue weighted by Crippen LogP contribution is -1.99. The van der Waals surface area contributed by atoms with Crippen LogP contribution >= 0.6 is 0 Å². The largest absolute Gasteiger partial charge is 0.439 e. The van der Waals surface area contributed by atoms with E-state index in [0.717, 1.165) is 17.0 Å². The Balaban J connectivity index is 2.23. The molecule has 0 amide bonds. The second-order valence-electron chi connectivity index (χ2n) is 4.07. The zero-order valence-electron chi connectivity index (χ0n) is 10.1. The Morgan fingerprint density at radius 3 is 2.47 bits per heavy atom. The summed E-state index contributed by atoms with van der Waals surface area (Å²) in [5.74, 6) is 1.38. The molecule has 0 fully saturated rings. The van der Waals surface area contributed by atoms with Gasteiger partial charge in [0.25, 0.3) is 0 Å². The molecule has 3 nitrogen and oxygen atoms in total. The Labute approximate surface area is 101 Å². The molecule has 0 atom stereocenters. The van der Waals surface area contributed by atoms with Gasteiger partial charge in [-0.3, -0.25) is 0 Å². The van der Waals surface area contributed by atoms with Gasteiger partial charge in [-0.2, -0.15) is 0 Å². The fraction of sp³-hybridized carbons (Fsp3) is 0.214. The third kappa shape index (κ3) is 3.04. The molecule has 0 bridgehead atoms. The molecular formula is C14H16N2O. The lowest BCUT2D eigenvalue weighted by molar-refractivity contribution is 0.460. The van der Waals surface area contributed by atoms with Crippen LogP contribution in [0.2, 0.25) is 0 Å². The molecule has 2 rings (SSSR count). The van der Waals surface area contributed by atoms with Gasteiger partial charge in [-0.25, -0.2) is 4.98 Å². The number of ether oxygens (including phenoxy) is 1. The maximum Gasteiger partial charge on any atom is 0.219 e. The molecule has 1 aromatic heterocycles. The first kappa shape index (κ1) is 11.6. The van der Waals surface area contributed by atoms with Crippen molar-refractivity contribution < 1.29 is 4.74 Å². The molecule has 2 N–H and O–H groups in total. The SMILES string of the molecule is Cc1ccc(Oc2cc(CN)cc(C)n2)cc1.